The Bertz CT molecular complexity index is 724. The lowest BCUT2D eigenvalue weighted by atomic mass is 10.1. The van der Waals surface area contributed by atoms with Crippen molar-refractivity contribution in [1.29, 1.82) is 5.26 Å². The van der Waals surface area contributed by atoms with E-state index in [4.69, 9.17) is 0 Å². The molecule has 0 radical (unpaired) electrons. The number of carbonyl (C=O) groups excluding carboxylic acids is 1. The summed E-state index contributed by atoms with van der Waals surface area (Å²) in [6.07, 6.45) is 2.58. The number of nitrogens with one attached hydrogen (secondary N) is 1. The van der Waals surface area contributed by atoms with Crippen LogP contribution in [0.4, 0.5) is 0 Å². The monoisotopic (exact) mass is 304 g/mol. The maximum atomic E-state index is 12.3. The van der Waals surface area contributed by atoms with Crippen molar-refractivity contribution >= 4 is 12.0 Å². The minimum absolute atomic E-state index is 0.108. The summed E-state index contributed by atoms with van der Waals surface area (Å²) in [5, 5.41) is 12.1. The lowest BCUT2D eigenvalue weighted by molar-refractivity contribution is -0.117. The standard InChI is InChI=1S/C20H20N2O/c1-3-16-9-11-17(12-10-16)13-19(14-21)20(23)22-15(2)18-7-5-4-6-8-18/h4-13,15H,3H2,1-2H3,(H,22,23)/b19-13+/t15-/m0/s1. The molecule has 0 saturated heterocycles. The number of hydrogen-bond acceptors (Lipinski definition) is 2. The molecule has 3 nitrogen and oxygen atoms in total. The highest BCUT2D eigenvalue weighted by Crippen LogP contribution is 2.14. The van der Waals surface area contributed by atoms with Crippen molar-refractivity contribution in [3.05, 3.63) is 76.9 Å². The van der Waals surface area contributed by atoms with Gasteiger partial charge in [-0.25, -0.2) is 0 Å². The predicted molar refractivity (Wildman–Crippen MR) is 92.4 cm³/mol. The summed E-state index contributed by atoms with van der Waals surface area (Å²) in [5.41, 5.74) is 3.19. The molecule has 2 aromatic carbocycles. The molecule has 1 N–H and O–H groups in total. The second kappa shape index (κ2) is 7.95. The molecule has 3 heteroatoms. The highest BCUT2D eigenvalue weighted by Gasteiger charge is 2.13. The van der Waals surface area contributed by atoms with Crippen LogP contribution >= 0.6 is 0 Å². The van der Waals surface area contributed by atoms with Crippen LogP contribution in [0.25, 0.3) is 6.08 Å². The van der Waals surface area contributed by atoms with Crippen LogP contribution in [0.3, 0.4) is 0 Å². The van der Waals surface area contributed by atoms with Gasteiger partial charge in [-0.15, -0.1) is 0 Å². The van der Waals surface area contributed by atoms with Crippen LogP contribution in [0.2, 0.25) is 0 Å². The van der Waals surface area contributed by atoms with Gasteiger partial charge in [-0.05, 0) is 36.1 Å². The lowest BCUT2D eigenvalue weighted by Gasteiger charge is -2.13. The van der Waals surface area contributed by atoms with Crippen LogP contribution in [0.15, 0.2) is 60.2 Å². The van der Waals surface area contributed by atoms with E-state index < -0.39 is 0 Å². The Hall–Kier alpha value is -2.86. The molecule has 0 spiro atoms. The molecule has 0 unspecified atom stereocenters. The van der Waals surface area contributed by atoms with Gasteiger partial charge in [0.1, 0.15) is 11.6 Å². The van der Waals surface area contributed by atoms with Crippen LogP contribution in [0, 0.1) is 11.3 Å². The Kier molecular flexibility index (Phi) is 5.71. The smallest absolute Gasteiger partial charge is 0.262 e. The number of nitrogens with zero attached hydrogens (tertiary/aromatic N) is 1. The molecular weight excluding hydrogens is 284 g/mol. The van der Waals surface area contributed by atoms with E-state index in [2.05, 4.69) is 12.2 Å². The summed E-state index contributed by atoms with van der Waals surface area (Å²) in [5.74, 6) is -0.358. The predicted octanol–water partition coefficient (Wildman–Crippen LogP) is 4.03. The lowest BCUT2D eigenvalue weighted by Crippen LogP contribution is -2.27. The number of nitriles is 1. The van der Waals surface area contributed by atoms with Crippen molar-refractivity contribution in [3.8, 4) is 6.07 Å². The summed E-state index contributed by atoms with van der Waals surface area (Å²) >= 11 is 0. The number of hydrogen-bond donors (Lipinski definition) is 1. The molecule has 1 amide bonds. The fourth-order valence-electron chi connectivity index (χ4n) is 2.26. The average Bonchev–Trinajstić information content (AvgIpc) is 2.60. The van der Waals surface area contributed by atoms with Crippen LogP contribution in [-0.2, 0) is 11.2 Å². The third-order valence-electron chi connectivity index (χ3n) is 3.71. The first-order valence-electron chi connectivity index (χ1n) is 7.70. The Morgan fingerprint density at radius 2 is 1.83 bits per heavy atom. The summed E-state index contributed by atoms with van der Waals surface area (Å²) in [7, 11) is 0. The second-order valence-corrected chi connectivity index (χ2v) is 5.37. The Morgan fingerprint density at radius 3 is 2.39 bits per heavy atom. The Morgan fingerprint density at radius 1 is 1.17 bits per heavy atom. The van der Waals surface area contributed by atoms with E-state index in [9.17, 15) is 10.1 Å². The van der Waals surface area contributed by atoms with Crippen molar-refractivity contribution in [2.45, 2.75) is 26.3 Å². The molecule has 1 atom stereocenters. The number of aryl methyl sites for hydroxylation is 1. The maximum Gasteiger partial charge on any atom is 0.262 e. The zero-order valence-electron chi connectivity index (χ0n) is 13.4. The average molecular weight is 304 g/mol. The van der Waals surface area contributed by atoms with E-state index in [1.165, 1.54) is 5.56 Å². The Labute approximate surface area is 137 Å². The second-order valence-electron chi connectivity index (χ2n) is 5.37. The first kappa shape index (κ1) is 16.5. The minimum atomic E-state index is -0.358. The molecule has 0 aliphatic carbocycles. The number of amides is 1. The van der Waals surface area contributed by atoms with Crippen LogP contribution in [0.1, 0.15) is 36.6 Å². The van der Waals surface area contributed by atoms with Gasteiger partial charge in [0.15, 0.2) is 0 Å². The third kappa shape index (κ3) is 4.55. The summed E-state index contributed by atoms with van der Waals surface area (Å²) < 4.78 is 0. The molecule has 2 rings (SSSR count). The quantitative estimate of drug-likeness (QED) is 0.669. The molecule has 23 heavy (non-hydrogen) atoms. The van der Waals surface area contributed by atoms with Gasteiger partial charge in [-0.2, -0.15) is 5.26 Å². The zero-order valence-corrected chi connectivity index (χ0v) is 13.4. The van der Waals surface area contributed by atoms with Crippen molar-refractivity contribution in [2.24, 2.45) is 0 Å². The molecular formula is C20H20N2O. The van der Waals surface area contributed by atoms with Crippen molar-refractivity contribution in [1.82, 2.24) is 5.32 Å². The fraction of sp³-hybridized carbons (Fsp3) is 0.200. The van der Waals surface area contributed by atoms with E-state index in [0.717, 1.165) is 17.5 Å². The van der Waals surface area contributed by atoms with E-state index >= 15 is 0 Å². The van der Waals surface area contributed by atoms with Crippen LogP contribution < -0.4 is 5.32 Å². The van der Waals surface area contributed by atoms with E-state index in [0.29, 0.717) is 0 Å². The minimum Gasteiger partial charge on any atom is -0.345 e. The van der Waals surface area contributed by atoms with Crippen LogP contribution in [-0.4, -0.2) is 5.91 Å². The van der Waals surface area contributed by atoms with Crippen LogP contribution in [0.5, 0.6) is 0 Å². The molecule has 2 aromatic rings. The van der Waals surface area contributed by atoms with E-state index in [-0.39, 0.29) is 17.5 Å². The molecule has 0 fully saturated rings. The zero-order chi connectivity index (χ0) is 16.7. The van der Waals surface area contributed by atoms with Gasteiger partial charge < -0.3 is 5.32 Å². The largest absolute Gasteiger partial charge is 0.345 e. The van der Waals surface area contributed by atoms with Gasteiger partial charge in [-0.3, -0.25) is 4.79 Å². The van der Waals surface area contributed by atoms with E-state index in [1.54, 1.807) is 6.08 Å². The van der Waals surface area contributed by atoms with Gasteiger partial charge in [0, 0.05) is 0 Å². The first-order valence-corrected chi connectivity index (χ1v) is 7.70. The van der Waals surface area contributed by atoms with Crippen molar-refractivity contribution in [2.75, 3.05) is 0 Å². The summed E-state index contributed by atoms with van der Waals surface area (Å²) in [6.45, 7) is 3.99. The van der Waals surface area contributed by atoms with Gasteiger partial charge >= 0.3 is 0 Å². The highest BCUT2D eigenvalue weighted by molar-refractivity contribution is 6.01. The molecule has 0 aliphatic rings. The fourth-order valence-corrected chi connectivity index (χ4v) is 2.26. The maximum absolute atomic E-state index is 12.3. The van der Waals surface area contributed by atoms with Gasteiger partial charge in [0.05, 0.1) is 6.04 Å². The van der Waals surface area contributed by atoms with Crippen molar-refractivity contribution in [3.63, 3.8) is 0 Å². The molecule has 0 aromatic heterocycles. The van der Waals surface area contributed by atoms with Gasteiger partial charge in [0.25, 0.3) is 5.91 Å². The Balaban J connectivity index is 2.11. The summed E-state index contributed by atoms with van der Waals surface area (Å²) in [4.78, 5) is 12.3. The normalized spacial score (nSPS) is 12.3. The van der Waals surface area contributed by atoms with E-state index in [1.807, 2.05) is 67.6 Å². The first-order chi connectivity index (χ1) is 11.1. The number of carbonyl (C=O) groups is 1. The summed E-state index contributed by atoms with van der Waals surface area (Å²) in [6, 6.07) is 19.4. The highest BCUT2D eigenvalue weighted by atomic mass is 16.1. The molecule has 0 aliphatic heterocycles. The van der Waals surface area contributed by atoms with Gasteiger partial charge in [0.2, 0.25) is 0 Å². The molecule has 0 heterocycles. The molecule has 0 saturated carbocycles. The van der Waals surface area contributed by atoms with Crippen molar-refractivity contribution < 1.29 is 4.79 Å². The molecule has 0 bridgehead atoms. The number of benzene rings is 2. The third-order valence-corrected chi connectivity index (χ3v) is 3.71. The number of rotatable bonds is 5. The van der Waals surface area contributed by atoms with Gasteiger partial charge in [-0.1, -0.05) is 61.5 Å². The molecule has 116 valence electrons. The topological polar surface area (TPSA) is 52.9 Å². The SMILES string of the molecule is CCc1ccc(/C=C(\C#N)C(=O)N[C@@H](C)c2ccccc2)cc1.